The highest BCUT2D eigenvalue weighted by atomic mass is 35.5. The summed E-state index contributed by atoms with van der Waals surface area (Å²) >= 11 is 0. The molecule has 0 aromatic heterocycles. The van der Waals surface area contributed by atoms with Gasteiger partial charge >= 0.3 is 5.69 Å². The van der Waals surface area contributed by atoms with Gasteiger partial charge in [-0.25, -0.2) is 0 Å². The summed E-state index contributed by atoms with van der Waals surface area (Å²) in [6.45, 7) is 3.57. The molecule has 130 valence electrons. The van der Waals surface area contributed by atoms with E-state index in [1.54, 1.807) is 0 Å². The van der Waals surface area contributed by atoms with Crippen molar-refractivity contribution < 1.29 is 15.1 Å². The van der Waals surface area contributed by atoms with Gasteiger partial charge in [0.1, 0.15) is 0 Å². The SMILES string of the molecule is Cl.Cl.O=[N+]([O-])c1cc([C@@H](C2CC2)N2CCNCC2)cc(O)c1O. The average Bonchev–Trinajstić information content (AvgIpc) is 3.28. The van der Waals surface area contributed by atoms with Gasteiger partial charge in [-0.2, -0.15) is 0 Å². The Morgan fingerprint density at radius 2 is 1.83 bits per heavy atom. The van der Waals surface area contributed by atoms with E-state index in [2.05, 4.69) is 10.2 Å². The molecule has 0 radical (unpaired) electrons. The van der Waals surface area contributed by atoms with Gasteiger partial charge in [0.25, 0.3) is 0 Å². The quantitative estimate of drug-likeness (QED) is 0.429. The zero-order valence-electron chi connectivity index (χ0n) is 12.5. The number of phenolic OH excluding ortho intramolecular Hbond substituents is 2. The normalized spacial score (nSPS) is 19.3. The van der Waals surface area contributed by atoms with Crippen LogP contribution in [0.4, 0.5) is 5.69 Å². The van der Waals surface area contributed by atoms with Crippen LogP contribution >= 0.6 is 24.8 Å². The molecule has 1 aromatic carbocycles. The molecule has 1 aliphatic heterocycles. The Morgan fingerprint density at radius 3 is 2.35 bits per heavy atom. The van der Waals surface area contributed by atoms with E-state index in [4.69, 9.17) is 0 Å². The van der Waals surface area contributed by atoms with Gasteiger partial charge in [-0.1, -0.05) is 0 Å². The first-order valence-corrected chi connectivity index (χ1v) is 7.23. The number of halogens is 2. The van der Waals surface area contributed by atoms with E-state index in [-0.39, 0.29) is 30.9 Å². The number of nitro groups is 1. The minimum absolute atomic E-state index is 0. The van der Waals surface area contributed by atoms with Crippen LogP contribution in [0.15, 0.2) is 12.1 Å². The number of hydrogen-bond acceptors (Lipinski definition) is 6. The first-order valence-electron chi connectivity index (χ1n) is 7.23. The molecule has 1 aromatic rings. The van der Waals surface area contributed by atoms with Gasteiger partial charge in [0.15, 0.2) is 5.75 Å². The average molecular weight is 366 g/mol. The van der Waals surface area contributed by atoms with Crippen molar-refractivity contribution in [2.45, 2.75) is 18.9 Å². The zero-order chi connectivity index (χ0) is 15.0. The fraction of sp³-hybridized carbons (Fsp3) is 0.571. The summed E-state index contributed by atoms with van der Waals surface area (Å²) in [4.78, 5) is 12.7. The minimum Gasteiger partial charge on any atom is -0.504 e. The molecular formula is C14H21Cl2N3O4. The Morgan fingerprint density at radius 1 is 1.22 bits per heavy atom. The molecule has 1 saturated heterocycles. The van der Waals surface area contributed by atoms with Crippen molar-refractivity contribution in [1.29, 1.82) is 0 Å². The molecule has 0 spiro atoms. The van der Waals surface area contributed by atoms with Crippen LogP contribution in [-0.2, 0) is 0 Å². The van der Waals surface area contributed by atoms with Crippen molar-refractivity contribution in [3.63, 3.8) is 0 Å². The monoisotopic (exact) mass is 365 g/mol. The Labute approximate surface area is 146 Å². The second kappa shape index (κ2) is 8.01. The summed E-state index contributed by atoms with van der Waals surface area (Å²) < 4.78 is 0. The predicted octanol–water partition coefficient (Wildman–Crippen LogP) is 2.21. The van der Waals surface area contributed by atoms with Crippen LogP contribution in [0, 0.1) is 16.0 Å². The van der Waals surface area contributed by atoms with Gasteiger partial charge in [-0.05, 0) is 30.4 Å². The van der Waals surface area contributed by atoms with Crippen molar-refractivity contribution in [3.05, 3.63) is 27.8 Å². The highest BCUT2D eigenvalue weighted by Gasteiger charge is 2.38. The fourth-order valence-corrected chi connectivity index (χ4v) is 3.09. The van der Waals surface area contributed by atoms with Crippen LogP contribution in [0.1, 0.15) is 24.4 Å². The largest absolute Gasteiger partial charge is 0.504 e. The summed E-state index contributed by atoms with van der Waals surface area (Å²) in [7, 11) is 0. The number of aromatic hydroxyl groups is 2. The molecule has 23 heavy (non-hydrogen) atoms. The highest BCUT2D eigenvalue weighted by molar-refractivity contribution is 5.85. The highest BCUT2D eigenvalue weighted by Crippen LogP contribution is 2.47. The molecule has 1 saturated carbocycles. The maximum Gasteiger partial charge on any atom is 0.314 e. The number of phenols is 2. The van der Waals surface area contributed by atoms with Crippen LogP contribution in [0.25, 0.3) is 0 Å². The third kappa shape index (κ3) is 4.17. The molecule has 1 heterocycles. The van der Waals surface area contributed by atoms with Crippen molar-refractivity contribution in [1.82, 2.24) is 10.2 Å². The number of piperazine rings is 1. The minimum atomic E-state index is -0.654. The summed E-state index contributed by atoms with van der Waals surface area (Å²) in [6.07, 6.45) is 2.20. The number of hydrogen-bond donors (Lipinski definition) is 3. The van der Waals surface area contributed by atoms with Crippen LogP contribution in [0.2, 0.25) is 0 Å². The molecular weight excluding hydrogens is 345 g/mol. The number of rotatable bonds is 4. The van der Waals surface area contributed by atoms with E-state index < -0.39 is 22.1 Å². The van der Waals surface area contributed by atoms with Gasteiger partial charge in [-0.15, -0.1) is 24.8 Å². The second-order valence-corrected chi connectivity index (χ2v) is 5.73. The van der Waals surface area contributed by atoms with E-state index in [1.165, 1.54) is 12.1 Å². The topological polar surface area (TPSA) is 98.9 Å². The van der Waals surface area contributed by atoms with E-state index in [0.29, 0.717) is 5.92 Å². The Hall–Kier alpha value is -1.28. The second-order valence-electron chi connectivity index (χ2n) is 5.73. The number of nitrogens with zero attached hydrogens (tertiary/aromatic N) is 2. The smallest absolute Gasteiger partial charge is 0.314 e. The molecule has 9 heteroatoms. The molecule has 2 aliphatic rings. The van der Waals surface area contributed by atoms with E-state index in [9.17, 15) is 20.3 Å². The van der Waals surface area contributed by atoms with Gasteiger partial charge in [-0.3, -0.25) is 15.0 Å². The van der Waals surface area contributed by atoms with Gasteiger partial charge < -0.3 is 15.5 Å². The van der Waals surface area contributed by atoms with Gasteiger partial charge in [0.05, 0.1) is 4.92 Å². The third-order valence-corrected chi connectivity index (χ3v) is 4.24. The maximum absolute atomic E-state index is 11.0. The molecule has 0 unspecified atom stereocenters. The number of benzene rings is 1. The lowest BCUT2D eigenvalue weighted by atomic mass is 9.98. The van der Waals surface area contributed by atoms with Crippen LogP contribution in [-0.4, -0.2) is 46.2 Å². The van der Waals surface area contributed by atoms with Gasteiger partial charge in [0.2, 0.25) is 5.75 Å². The summed E-state index contributed by atoms with van der Waals surface area (Å²) in [5, 5.41) is 33.7. The van der Waals surface area contributed by atoms with Crippen LogP contribution in [0.3, 0.4) is 0 Å². The standard InChI is InChI=1S/C14H19N3O4.2ClH/c18-12-8-10(7-11(14(12)19)17(20)21)13(9-1-2-9)16-5-3-15-4-6-16;;/h7-9,13,15,18-19H,1-6H2;2*1H/t13-;;/m1../s1. The van der Waals surface area contributed by atoms with Crippen molar-refractivity contribution in [3.8, 4) is 11.5 Å². The first kappa shape index (κ1) is 19.8. The van der Waals surface area contributed by atoms with E-state index >= 15 is 0 Å². The first-order chi connectivity index (χ1) is 10.1. The molecule has 2 fully saturated rings. The molecule has 1 atom stereocenters. The van der Waals surface area contributed by atoms with Crippen LogP contribution < -0.4 is 5.32 Å². The molecule has 3 N–H and O–H groups in total. The van der Waals surface area contributed by atoms with E-state index in [1.807, 2.05) is 0 Å². The summed E-state index contributed by atoms with van der Waals surface area (Å²) in [5.74, 6) is -0.592. The van der Waals surface area contributed by atoms with Crippen molar-refractivity contribution in [2.24, 2.45) is 5.92 Å². The van der Waals surface area contributed by atoms with Crippen LogP contribution in [0.5, 0.6) is 11.5 Å². The third-order valence-electron chi connectivity index (χ3n) is 4.24. The Bertz CT molecular complexity index is 563. The Balaban J connectivity index is 0.00000132. The lowest BCUT2D eigenvalue weighted by Crippen LogP contribution is -2.45. The zero-order valence-corrected chi connectivity index (χ0v) is 14.1. The molecule has 7 nitrogen and oxygen atoms in total. The van der Waals surface area contributed by atoms with Crippen molar-refractivity contribution >= 4 is 30.5 Å². The lowest BCUT2D eigenvalue weighted by molar-refractivity contribution is -0.386. The predicted molar refractivity (Wildman–Crippen MR) is 90.8 cm³/mol. The van der Waals surface area contributed by atoms with Crippen molar-refractivity contribution in [2.75, 3.05) is 26.2 Å². The summed E-state index contributed by atoms with van der Waals surface area (Å²) in [5.41, 5.74) is 0.298. The number of nitro benzene ring substituents is 1. The molecule has 0 bridgehead atoms. The fourth-order valence-electron chi connectivity index (χ4n) is 3.09. The Kier molecular flexibility index (Phi) is 6.88. The van der Waals surface area contributed by atoms with Gasteiger partial charge in [0, 0.05) is 38.3 Å². The molecule has 3 rings (SSSR count). The number of nitrogens with one attached hydrogen (secondary N) is 1. The lowest BCUT2D eigenvalue weighted by Gasteiger charge is -2.35. The molecule has 0 amide bonds. The maximum atomic E-state index is 11.0. The van der Waals surface area contributed by atoms with E-state index in [0.717, 1.165) is 44.6 Å². The molecule has 1 aliphatic carbocycles. The summed E-state index contributed by atoms with van der Waals surface area (Å²) in [6, 6.07) is 2.95.